The maximum Gasteiger partial charge on any atom is 0.255 e. The predicted molar refractivity (Wildman–Crippen MR) is 194 cm³/mol. The number of carbonyl (C=O) groups excluding carboxylic acids is 3. The lowest BCUT2D eigenvalue weighted by molar-refractivity contribution is -0.136. The zero-order valence-corrected chi connectivity index (χ0v) is 28.3. The van der Waals surface area contributed by atoms with E-state index in [0.29, 0.717) is 38.3 Å². The second-order valence-corrected chi connectivity index (χ2v) is 12.5. The third kappa shape index (κ3) is 8.23. The van der Waals surface area contributed by atoms with Gasteiger partial charge < -0.3 is 24.8 Å². The molecule has 0 bridgehead atoms. The molecule has 1 unspecified atom stereocenters. The van der Waals surface area contributed by atoms with Gasteiger partial charge in [-0.15, -0.1) is 0 Å². The summed E-state index contributed by atoms with van der Waals surface area (Å²) in [7, 11) is 0. The van der Waals surface area contributed by atoms with Crippen molar-refractivity contribution in [3.05, 3.63) is 125 Å². The van der Waals surface area contributed by atoms with Crippen LogP contribution in [-0.4, -0.2) is 60.1 Å². The Hall–Kier alpha value is -5.41. The van der Waals surface area contributed by atoms with E-state index in [-0.39, 0.29) is 24.0 Å². The van der Waals surface area contributed by atoms with Crippen molar-refractivity contribution in [3.8, 4) is 11.5 Å². The molecule has 258 valence electrons. The van der Waals surface area contributed by atoms with Gasteiger partial charge in [-0.1, -0.05) is 61.5 Å². The third-order valence-electron chi connectivity index (χ3n) is 9.10. The van der Waals surface area contributed by atoms with E-state index in [1.165, 1.54) is 11.1 Å². The summed E-state index contributed by atoms with van der Waals surface area (Å²) in [5.74, 6) is 0.184. The molecule has 0 saturated carbocycles. The minimum atomic E-state index is -0.612. The molecule has 2 heterocycles. The lowest BCUT2D eigenvalue weighted by Gasteiger charge is -2.29. The first kappa shape index (κ1) is 34.5. The standard InChI is InChI=1S/C41H43N3O6/c1-2-35(28-8-4-3-5-9-28)39(29-10-15-33(45)16-11-29)30-12-17-34(18-13-30)50-25-7-24-49-23-6-22-42-32-14-19-36-31(26-32)27-44(41(36)48)37-20-21-38(46)43-40(37)47/h3-5,8-19,26,37,42,45H,2,6-7,20-25,27H2,1H3,(H,43,46,47). The molecule has 0 aliphatic carbocycles. The van der Waals surface area contributed by atoms with Crippen molar-refractivity contribution in [2.75, 3.05) is 31.7 Å². The predicted octanol–water partition coefficient (Wildman–Crippen LogP) is 6.81. The normalized spacial score (nSPS) is 16.1. The highest BCUT2D eigenvalue weighted by Crippen LogP contribution is 2.36. The second kappa shape index (κ2) is 16.3. The van der Waals surface area contributed by atoms with Crippen LogP contribution >= 0.6 is 0 Å². The molecule has 3 N–H and O–H groups in total. The number of carbonyl (C=O) groups is 3. The van der Waals surface area contributed by atoms with Crippen LogP contribution in [0.4, 0.5) is 5.69 Å². The van der Waals surface area contributed by atoms with Crippen molar-refractivity contribution in [3.63, 3.8) is 0 Å². The van der Waals surface area contributed by atoms with Gasteiger partial charge in [0.2, 0.25) is 11.8 Å². The Kier molecular flexibility index (Phi) is 11.3. The van der Waals surface area contributed by atoms with Gasteiger partial charge in [-0.3, -0.25) is 19.7 Å². The quantitative estimate of drug-likeness (QED) is 0.0721. The summed E-state index contributed by atoms with van der Waals surface area (Å²) in [5.41, 5.74) is 8.08. The third-order valence-corrected chi connectivity index (χ3v) is 9.10. The highest BCUT2D eigenvalue weighted by molar-refractivity contribution is 6.05. The highest BCUT2D eigenvalue weighted by atomic mass is 16.5. The lowest BCUT2D eigenvalue weighted by atomic mass is 9.88. The summed E-state index contributed by atoms with van der Waals surface area (Å²) in [6.07, 6.45) is 3.04. The number of ether oxygens (including phenoxy) is 2. The molecule has 1 saturated heterocycles. The van der Waals surface area contributed by atoms with Gasteiger partial charge in [0.15, 0.2) is 0 Å². The van der Waals surface area contributed by atoms with Crippen molar-refractivity contribution in [1.29, 1.82) is 0 Å². The number of rotatable bonds is 15. The fraction of sp³-hybridized carbons (Fsp3) is 0.293. The average molecular weight is 674 g/mol. The van der Waals surface area contributed by atoms with Crippen molar-refractivity contribution in [2.24, 2.45) is 0 Å². The molecular formula is C41H43N3O6. The van der Waals surface area contributed by atoms with Gasteiger partial charge in [0.1, 0.15) is 17.5 Å². The number of aromatic hydroxyl groups is 1. The van der Waals surface area contributed by atoms with E-state index in [9.17, 15) is 19.5 Å². The van der Waals surface area contributed by atoms with Crippen molar-refractivity contribution in [1.82, 2.24) is 10.2 Å². The number of phenolic OH excluding ortho intramolecular Hbond substituents is 1. The van der Waals surface area contributed by atoms with Gasteiger partial charge in [0.25, 0.3) is 5.91 Å². The van der Waals surface area contributed by atoms with Crippen LogP contribution in [0, 0.1) is 0 Å². The number of benzene rings is 4. The zero-order valence-electron chi connectivity index (χ0n) is 28.3. The minimum absolute atomic E-state index is 0.170. The Morgan fingerprint density at radius 3 is 2.30 bits per heavy atom. The van der Waals surface area contributed by atoms with Crippen molar-refractivity contribution in [2.45, 2.75) is 51.6 Å². The molecule has 4 aromatic rings. The van der Waals surface area contributed by atoms with E-state index >= 15 is 0 Å². The van der Waals surface area contributed by atoms with E-state index in [1.807, 2.05) is 42.5 Å². The second-order valence-electron chi connectivity index (χ2n) is 12.5. The summed E-state index contributed by atoms with van der Waals surface area (Å²) in [5, 5.41) is 15.6. The van der Waals surface area contributed by atoms with E-state index in [2.05, 4.69) is 54.0 Å². The van der Waals surface area contributed by atoms with E-state index < -0.39 is 11.9 Å². The minimum Gasteiger partial charge on any atom is -0.508 e. The molecule has 0 aromatic heterocycles. The number of phenols is 1. The van der Waals surface area contributed by atoms with E-state index in [0.717, 1.165) is 59.5 Å². The first-order chi connectivity index (χ1) is 24.4. The molecular weight excluding hydrogens is 630 g/mol. The van der Waals surface area contributed by atoms with Crippen LogP contribution in [0.2, 0.25) is 0 Å². The molecule has 0 spiro atoms. The number of hydrogen-bond acceptors (Lipinski definition) is 7. The van der Waals surface area contributed by atoms with Gasteiger partial charge in [-0.05, 0) is 95.1 Å². The van der Waals surface area contributed by atoms with Crippen molar-refractivity contribution >= 4 is 34.6 Å². The van der Waals surface area contributed by atoms with E-state index in [1.54, 1.807) is 23.1 Å². The summed E-state index contributed by atoms with van der Waals surface area (Å²) < 4.78 is 11.8. The summed E-state index contributed by atoms with van der Waals surface area (Å²) in [6, 6.07) is 31.0. The average Bonchev–Trinajstić information content (AvgIpc) is 3.45. The molecule has 4 aromatic carbocycles. The van der Waals surface area contributed by atoms with Crippen LogP contribution < -0.4 is 15.4 Å². The Morgan fingerprint density at radius 2 is 1.58 bits per heavy atom. The topological polar surface area (TPSA) is 117 Å². The maximum atomic E-state index is 12.9. The monoisotopic (exact) mass is 673 g/mol. The number of piperidine rings is 1. The fourth-order valence-electron chi connectivity index (χ4n) is 6.57. The molecule has 1 atom stereocenters. The van der Waals surface area contributed by atoms with Crippen LogP contribution in [-0.2, 0) is 20.9 Å². The number of fused-ring (bicyclic) bond motifs is 1. The van der Waals surface area contributed by atoms with Crippen LogP contribution in [0.15, 0.2) is 97.1 Å². The fourth-order valence-corrected chi connectivity index (χ4v) is 6.57. The molecule has 50 heavy (non-hydrogen) atoms. The molecule has 9 nitrogen and oxygen atoms in total. The van der Waals surface area contributed by atoms with Crippen LogP contribution in [0.3, 0.4) is 0 Å². The number of amides is 3. The smallest absolute Gasteiger partial charge is 0.255 e. The van der Waals surface area contributed by atoms with Crippen molar-refractivity contribution < 1.29 is 29.0 Å². The van der Waals surface area contributed by atoms with Gasteiger partial charge >= 0.3 is 0 Å². The number of nitrogens with one attached hydrogen (secondary N) is 2. The Bertz CT molecular complexity index is 1840. The number of hydrogen-bond donors (Lipinski definition) is 3. The van der Waals surface area contributed by atoms with Crippen LogP contribution in [0.1, 0.15) is 71.6 Å². The molecule has 0 radical (unpaired) electrons. The van der Waals surface area contributed by atoms with Gasteiger partial charge in [-0.25, -0.2) is 0 Å². The molecule has 2 aliphatic rings. The van der Waals surface area contributed by atoms with E-state index in [4.69, 9.17) is 9.47 Å². The molecule has 3 amide bonds. The first-order valence-electron chi connectivity index (χ1n) is 17.3. The van der Waals surface area contributed by atoms with Crippen LogP contribution in [0.5, 0.6) is 11.5 Å². The largest absolute Gasteiger partial charge is 0.508 e. The number of nitrogens with zero attached hydrogens (tertiary/aromatic N) is 1. The lowest BCUT2D eigenvalue weighted by Crippen LogP contribution is -2.52. The molecule has 9 heteroatoms. The Balaban J connectivity index is 0.923. The van der Waals surface area contributed by atoms with Gasteiger partial charge in [-0.2, -0.15) is 0 Å². The highest BCUT2D eigenvalue weighted by Gasteiger charge is 2.39. The number of anilines is 1. The summed E-state index contributed by atoms with van der Waals surface area (Å²) in [4.78, 5) is 38.3. The number of allylic oxidation sites excluding steroid dienone is 1. The zero-order chi connectivity index (χ0) is 34.9. The summed E-state index contributed by atoms with van der Waals surface area (Å²) >= 11 is 0. The first-order valence-corrected chi connectivity index (χ1v) is 17.3. The maximum absolute atomic E-state index is 12.9. The van der Waals surface area contributed by atoms with Crippen LogP contribution in [0.25, 0.3) is 11.1 Å². The Morgan fingerprint density at radius 1 is 0.860 bits per heavy atom. The number of imide groups is 1. The molecule has 2 aliphatic heterocycles. The Labute approximate surface area is 292 Å². The molecule has 6 rings (SSSR count). The SMILES string of the molecule is CCC(=C(c1ccc(O)cc1)c1ccc(OCCCOCCCNc2ccc3c(c2)CN(C2CCC(=O)NC2=O)C3=O)cc1)c1ccccc1. The molecule has 1 fully saturated rings. The van der Waals surface area contributed by atoms with Gasteiger partial charge in [0.05, 0.1) is 6.61 Å². The summed E-state index contributed by atoms with van der Waals surface area (Å²) in [6.45, 7) is 5.00. The van der Waals surface area contributed by atoms with Gasteiger partial charge in [0, 0.05) is 50.4 Å².